The highest BCUT2D eigenvalue weighted by molar-refractivity contribution is 5.81. The van der Waals surface area contributed by atoms with E-state index in [4.69, 9.17) is 10.2 Å². The fourth-order valence-electron chi connectivity index (χ4n) is 1.50. The molecule has 1 heterocycles. The number of nitrogens with two attached hydrogens (primary N) is 1. The lowest BCUT2D eigenvalue weighted by Crippen LogP contribution is -2.41. The van der Waals surface area contributed by atoms with Crippen LogP contribution in [0.25, 0.3) is 0 Å². The van der Waals surface area contributed by atoms with Crippen LogP contribution in [0.4, 0.5) is 0 Å². The van der Waals surface area contributed by atoms with Crippen molar-refractivity contribution >= 4 is 5.91 Å². The normalized spacial score (nSPS) is 12.8. The van der Waals surface area contributed by atoms with E-state index in [1.165, 1.54) is 0 Å². The second-order valence-electron chi connectivity index (χ2n) is 4.53. The van der Waals surface area contributed by atoms with Gasteiger partial charge in [-0.15, -0.1) is 0 Å². The fourth-order valence-corrected chi connectivity index (χ4v) is 1.50. The van der Waals surface area contributed by atoms with Crippen LogP contribution in [0.15, 0.2) is 10.6 Å². The summed E-state index contributed by atoms with van der Waals surface area (Å²) in [5.74, 6) is 1.59. The molecule has 96 valence electrons. The third-order valence-corrected chi connectivity index (χ3v) is 2.43. The minimum atomic E-state index is -0.462. The third-order valence-electron chi connectivity index (χ3n) is 2.43. The molecule has 1 amide bonds. The van der Waals surface area contributed by atoms with Crippen molar-refractivity contribution in [2.45, 2.75) is 46.2 Å². The predicted octanol–water partition coefficient (Wildman–Crippen LogP) is 1.23. The van der Waals surface area contributed by atoms with Gasteiger partial charge in [-0.3, -0.25) is 4.79 Å². The van der Waals surface area contributed by atoms with E-state index in [0.717, 1.165) is 12.2 Å². The second-order valence-corrected chi connectivity index (χ2v) is 4.53. The van der Waals surface area contributed by atoms with E-state index >= 15 is 0 Å². The van der Waals surface area contributed by atoms with Gasteiger partial charge in [-0.1, -0.05) is 20.8 Å². The molecule has 1 rings (SSSR count). The minimum absolute atomic E-state index is 0.157. The Labute approximate surface area is 102 Å². The van der Waals surface area contributed by atoms with Crippen LogP contribution in [0.1, 0.15) is 38.8 Å². The molecule has 0 saturated heterocycles. The summed E-state index contributed by atoms with van der Waals surface area (Å²) in [6.45, 7) is 6.36. The molecule has 5 nitrogen and oxygen atoms in total. The summed E-state index contributed by atoms with van der Waals surface area (Å²) in [5, 5.41) is 2.72. The largest absolute Gasteiger partial charge is 0.444 e. The van der Waals surface area contributed by atoms with Crippen LogP contribution >= 0.6 is 0 Å². The van der Waals surface area contributed by atoms with Gasteiger partial charge < -0.3 is 15.5 Å². The van der Waals surface area contributed by atoms with Crippen LogP contribution in [0.5, 0.6) is 0 Å². The number of aryl methyl sites for hydroxylation is 1. The van der Waals surface area contributed by atoms with Crippen molar-refractivity contribution in [2.24, 2.45) is 11.7 Å². The van der Waals surface area contributed by atoms with Crippen molar-refractivity contribution in [1.82, 2.24) is 10.3 Å². The average molecular weight is 239 g/mol. The minimum Gasteiger partial charge on any atom is -0.444 e. The molecule has 17 heavy (non-hydrogen) atoms. The maximum absolute atomic E-state index is 11.6. The Morgan fingerprint density at radius 3 is 2.82 bits per heavy atom. The van der Waals surface area contributed by atoms with Crippen molar-refractivity contribution in [3.63, 3.8) is 0 Å². The molecule has 0 unspecified atom stereocenters. The smallest absolute Gasteiger partial charge is 0.237 e. The van der Waals surface area contributed by atoms with Gasteiger partial charge in [0, 0.05) is 6.42 Å². The van der Waals surface area contributed by atoms with Crippen LogP contribution in [-0.2, 0) is 17.8 Å². The number of nitrogens with one attached hydrogen (secondary N) is 1. The van der Waals surface area contributed by atoms with Crippen molar-refractivity contribution in [2.75, 3.05) is 0 Å². The van der Waals surface area contributed by atoms with E-state index in [1.54, 1.807) is 6.20 Å². The van der Waals surface area contributed by atoms with Crippen molar-refractivity contribution in [3.05, 3.63) is 17.8 Å². The highest BCUT2D eigenvalue weighted by atomic mass is 16.4. The van der Waals surface area contributed by atoms with Gasteiger partial charge in [0.25, 0.3) is 0 Å². The summed E-state index contributed by atoms with van der Waals surface area (Å²) in [6.07, 6.45) is 3.15. The molecule has 0 aliphatic heterocycles. The topological polar surface area (TPSA) is 81.2 Å². The number of hydrogen-bond donors (Lipinski definition) is 2. The number of carbonyl (C=O) groups is 1. The Kier molecular flexibility index (Phi) is 5.15. The number of rotatable bonds is 6. The average Bonchev–Trinajstić information content (AvgIpc) is 2.72. The van der Waals surface area contributed by atoms with Gasteiger partial charge >= 0.3 is 0 Å². The van der Waals surface area contributed by atoms with Crippen LogP contribution < -0.4 is 11.1 Å². The Morgan fingerprint density at radius 2 is 2.29 bits per heavy atom. The van der Waals surface area contributed by atoms with E-state index in [0.29, 0.717) is 24.8 Å². The quantitative estimate of drug-likeness (QED) is 0.782. The van der Waals surface area contributed by atoms with E-state index in [-0.39, 0.29) is 5.91 Å². The van der Waals surface area contributed by atoms with E-state index in [9.17, 15) is 4.79 Å². The highest BCUT2D eigenvalue weighted by Gasteiger charge is 2.15. The molecular weight excluding hydrogens is 218 g/mol. The Hall–Kier alpha value is -1.36. The number of nitrogens with zero attached hydrogens (tertiary/aromatic N) is 1. The van der Waals surface area contributed by atoms with Crippen LogP contribution in [0.3, 0.4) is 0 Å². The summed E-state index contributed by atoms with van der Waals surface area (Å²) in [5.41, 5.74) is 5.75. The molecule has 0 saturated carbocycles. The number of amides is 1. The SMILES string of the molecule is CCc1cnc(CNC(=O)[C@@H](N)CC(C)C)o1. The maximum atomic E-state index is 11.6. The number of aromatic nitrogens is 1. The van der Waals surface area contributed by atoms with Crippen molar-refractivity contribution in [3.8, 4) is 0 Å². The van der Waals surface area contributed by atoms with Gasteiger partial charge in [-0.2, -0.15) is 0 Å². The molecule has 3 N–H and O–H groups in total. The first-order chi connectivity index (χ1) is 8.02. The lowest BCUT2D eigenvalue weighted by atomic mass is 10.0. The maximum Gasteiger partial charge on any atom is 0.237 e. The van der Waals surface area contributed by atoms with E-state index in [1.807, 2.05) is 20.8 Å². The van der Waals surface area contributed by atoms with Gasteiger partial charge in [0.15, 0.2) is 0 Å². The monoisotopic (exact) mass is 239 g/mol. The molecule has 0 spiro atoms. The predicted molar refractivity (Wildman–Crippen MR) is 65.2 cm³/mol. The Morgan fingerprint density at radius 1 is 1.59 bits per heavy atom. The molecule has 1 aromatic heterocycles. The zero-order valence-corrected chi connectivity index (χ0v) is 10.7. The standard InChI is InChI=1S/C12H21N3O2/c1-4-9-6-14-11(17-9)7-15-12(16)10(13)5-8(2)3/h6,8,10H,4-5,7,13H2,1-3H3,(H,15,16)/t10-/m0/s1. The summed E-state index contributed by atoms with van der Waals surface area (Å²) >= 11 is 0. The van der Waals surface area contributed by atoms with Crippen LogP contribution in [0.2, 0.25) is 0 Å². The summed E-state index contributed by atoms with van der Waals surface area (Å²) in [7, 11) is 0. The summed E-state index contributed by atoms with van der Waals surface area (Å²) in [4.78, 5) is 15.7. The Bertz CT molecular complexity index is 360. The number of hydrogen-bond acceptors (Lipinski definition) is 4. The summed E-state index contributed by atoms with van der Waals surface area (Å²) in [6, 6.07) is -0.462. The molecule has 0 bridgehead atoms. The first-order valence-corrected chi connectivity index (χ1v) is 5.99. The van der Waals surface area contributed by atoms with Gasteiger partial charge in [0.05, 0.1) is 18.8 Å². The Balaban J connectivity index is 2.37. The van der Waals surface area contributed by atoms with Gasteiger partial charge in [-0.25, -0.2) is 4.98 Å². The molecule has 5 heteroatoms. The van der Waals surface area contributed by atoms with Crippen molar-refractivity contribution in [1.29, 1.82) is 0 Å². The molecule has 0 aromatic carbocycles. The lowest BCUT2D eigenvalue weighted by molar-refractivity contribution is -0.122. The molecular formula is C12H21N3O2. The van der Waals surface area contributed by atoms with Crippen molar-refractivity contribution < 1.29 is 9.21 Å². The number of carbonyl (C=O) groups excluding carboxylic acids is 1. The second kappa shape index (κ2) is 6.39. The van der Waals surface area contributed by atoms with Crippen LogP contribution in [0, 0.1) is 5.92 Å². The first-order valence-electron chi connectivity index (χ1n) is 5.99. The van der Waals surface area contributed by atoms with Gasteiger partial charge in [0.2, 0.25) is 11.8 Å². The van der Waals surface area contributed by atoms with Crippen LogP contribution in [-0.4, -0.2) is 16.9 Å². The molecule has 0 aliphatic rings. The number of oxazole rings is 1. The fraction of sp³-hybridized carbons (Fsp3) is 0.667. The molecule has 0 radical (unpaired) electrons. The van der Waals surface area contributed by atoms with E-state index in [2.05, 4.69) is 10.3 Å². The molecule has 0 fully saturated rings. The zero-order valence-electron chi connectivity index (χ0n) is 10.7. The van der Waals surface area contributed by atoms with Gasteiger partial charge in [0.1, 0.15) is 5.76 Å². The molecule has 1 atom stereocenters. The molecule has 0 aliphatic carbocycles. The summed E-state index contributed by atoms with van der Waals surface area (Å²) < 4.78 is 5.38. The highest BCUT2D eigenvalue weighted by Crippen LogP contribution is 2.05. The lowest BCUT2D eigenvalue weighted by Gasteiger charge is -2.13. The van der Waals surface area contributed by atoms with E-state index < -0.39 is 6.04 Å². The third kappa shape index (κ3) is 4.56. The van der Waals surface area contributed by atoms with Gasteiger partial charge in [-0.05, 0) is 12.3 Å². The molecule has 1 aromatic rings. The zero-order chi connectivity index (χ0) is 12.8. The first kappa shape index (κ1) is 13.7.